The standard InChI is InChI=1S/C17H36O4S/c1-3-4-14-17(2)15-12-10-8-6-5-7-9-11-13-16-21-22(18,19)20/h17H,3-16H2,1-2H3,(H,18,19,20)/p-1. The normalized spacial score (nSPS) is 13.4. The van der Waals surface area contributed by atoms with E-state index in [1.165, 1.54) is 64.2 Å². The van der Waals surface area contributed by atoms with Crippen LogP contribution in [0, 0.1) is 5.92 Å². The maximum atomic E-state index is 10.2. The van der Waals surface area contributed by atoms with Crippen molar-refractivity contribution < 1.29 is 17.2 Å². The summed E-state index contributed by atoms with van der Waals surface area (Å²) in [5, 5.41) is 0. The lowest BCUT2D eigenvalue weighted by Gasteiger charge is -2.10. The van der Waals surface area contributed by atoms with E-state index in [4.69, 9.17) is 0 Å². The largest absolute Gasteiger partial charge is 0.726 e. The lowest BCUT2D eigenvalue weighted by molar-refractivity contribution is 0.255. The Labute approximate surface area is 138 Å². The molecule has 0 aliphatic heterocycles. The van der Waals surface area contributed by atoms with Gasteiger partial charge in [0.1, 0.15) is 0 Å². The molecule has 0 rings (SSSR count). The van der Waals surface area contributed by atoms with Crippen LogP contribution in [0.15, 0.2) is 0 Å². The van der Waals surface area contributed by atoms with Crippen LogP contribution in [-0.4, -0.2) is 19.6 Å². The minimum absolute atomic E-state index is 0.0298. The lowest BCUT2D eigenvalue weighted by Crippen LogP contribution is -2.05. The van der Waals surface area contributed by atoms with E-state index in [9.17, 15) is 13.0 Å². The number of rotatable bonds is 16. The van der Waals surface area contributed by atoms with Crippen molar-refractivity contribution in [3.63, 3.8) is 0 Å². The molecule has 0 saturated heterocycles. The van der Waals surface area contributed by atoms with Gasteiger partial charge in [0, 0.05) is 0 Å². The van der Waals surface area contributed by atoms with Gasteiger partial charge >= 0.3 is 0 Å². The van der Waals surface area contributed by atoms with Gasteiger partial charge in [-0.1, -0.05) is 90.9 Å². The molecule has 0 radical (unpaired) electrons. The summed E-state index contributed by atoms with van der Waals surface area (Å²) in [5.41, 5.74) is 0. The van der Waals surface area contributed by atoms with Gasteiger partial charge in [-0.05, 0) is 12.3 Å². The van der Waals surface area contributed by atoms with E-state index in [1.807, 2.05) is 0 Å². The van der Waals surface area contributed by atoms with Gasteiger partial charge in [-0.25, -0.2) is 8.42 Å². The van der Waals surface area contributed by atoms with E-state index in [0.717, 1.165) is 18.8 Å². The third-order valence-corrected chi connectivity index (χ3v) is 4.57. The molecule has 5 heteroatoms. The first-order valence-electron chi connectivity index (χ1n) is 9.06. The number of hydrogen-bond acceptors (Lipinski definition) is 4. The average molecular weight is 336 g/mol. The predicted molar refractivity (Wildman–Crippen MR) is 90.5 cm³/mol. The van der Waals surface area contributed by atoms with E-state index in [-0.39, 0.29) is 6.61 Å². The quantitative estimate of drug-likeness (QED) is 0.221. The van der Waals surface area contributed by atoms with Crippen LogP contribution in [-0.2, 0) is 14.6 Å². The van der Waals surface area contributed by atoms with Gasteiger partial charge in [0.2, 0.25) is 10.4 Å². The Bertz CT molecular complexity index is 328. The lowest BCUT2D eigenvalue weighted by atomic mass is 9.97. The molecule has 0 N–H and O–H groups in total. The summed E-state index contributed by atoms with van der Waals surface area (Å²) in [6, 6.07) is 0. The summed E-state index contributed by atoms with van der Waals surface area (Å²) in [5.74, 6) is 0.889. The molecule has 0 heterocycles. The van der Waals surface area contributed by atoms with E-state index in [2.05, 4.69) is 18.0 Å². The van der Waals surface area contributed by atoms with Crippen LogP contribution in [0.1, 0.15) is 97.3 Å². The Morgan fingerprint density at radius 1 is 0.818 bits per heavy atom. The molecule has 0 aromatic carbocycles. The molecule has 0 spiro atoms. The molecule has 0 aromatic heterocycles. The highest BCUT2D eigenvalue weighted by atomic mass is 32.3. The number of unbranched alkanes of at least 4 members (excludes halogenated alkanes) is 9. The first-order chi connectivity index (χ1) is 10.5. The van der Waals surface area contributed by atoms with E-state index < -0.39 is 10.4 Å². The molecule has 4 nitrogen and oxygen atoms in total. The Hall–Kier alpha value is -0.130. The SMILES string of the molecule is CCCCC(C)CCCCCCCCCCCOS(=O)(=O)[O-]. The third kappa shape index (κ3) is 17.9. The van der Waals surface area contributed by atoms with Crippen molar-refractivity contribution in [3.05, 3.63) is 0 Å². The van der Waals surface area contributed by atoms with E-state index in [0.29, 0.717) is 6.42 Å². The zero-order valence-corrected chi connectivity index (χ0v) is 15.3. The maximum absolute atomic E-state index is 10.2. The van der Waals surface area contributed by atoms with Crippen LogP contribution in [0.5, 0.6) is 0 Å². The van der Waals surface area contributed by atoms with Crippen molar-refractivity contribution in [1.29, 1.82) is 0 Å². The predicted octanol–water partition coefficient (Wildman–Crippen LogP) is 5.19. The molecular weight excluding hydrogens is 300 g/mol. The van der Waals surface area contributed by atoms with Gasteiger partial charge in [0.25, 0.3) is 0 Å². The monoisotopic (exact) mass is 335 g/mol. The summed E-state index contributed by atoms with van der Waals surface area (Å²) in [7, 11) is -4.50. The summed E-state index contributed by atoms with van der Waals surface area (Å²) in [6.07, 6.45) is 15.9. The highest BCUT2D eigenvalue weighted by Gasteiger charge is 2.01. The molecule has 22 heavy (non-hydrogen) atoms. The summed E-state index contributed by atoms with van der Waals surface area (Å²) in [4.78, 5) is 0. The van der Waals surface area contributed by atoms with Gasteiger partial charge < -0.3 is 4.55 Å². The first kappa shape index (κ1) is 21.9. The van der Waals surface area contributed by atoms with Crippen molar-refractivity contribution in [2.45, 2.75) is 97.3 Å². The topological polar surface area (TPSA) is 66.4 Å². The molecule has 0 bridgehead atoms. The fourth-order valence-corrected chi connectivity index (χ4v) is 3.01. The maximum Gasteiger partial charge on any atom is 0.217 e. The first-order valence-corrected chi connectivity index (χ1v) is 10.4. The summed E-state index contributed by atoms with van der Waals surface area (Å²) >= 11 is 0. The van der Waals surface area contributed by atoms with Crippen molar-refractivity contribution in [2.24, 2.45) is 5.92 Å². The molecule has 0 amide bonds. The van der Waals surface area contributed by atoms with E-state index >= 15 is 0 Å². The highest BCUT2D eigenvalue weighted by molar-refractivity contribution is 7.80. The van der Waals surface area contributed by atoms with Crippen molar-refractivity contribution in [3.8, 4) is 0 Å². The van der Waals surface area contributed by atoms with Crippen LogP contribution in [0.2, 0.25) is 0 Å². The molecule has 0 fully saturated rings. The molecule has 0 aromatic rings. The Morgan fingerprint density at radius 3 is 1.77 bits per heavy atom. The smallest absolute Gasteiger partial charge is 0.217 e. The molecule has 0 saturated carbocycles. The molecular formula is C17H35O4S-. The molecule has 134 valence electrons. The van der Waals surface area contributed by atoms with Gasteiger partial charge in [-0.15, -0.1) is 0 Å². The second-order valence-electron chi connectivity index (χ2n) is 6.45. The minimum Gasteiger partial charge on any atom is -0.726 e. The van der Waals surface area contributed by atoms with Crippen LogP contribution in [0.25, 0.3) is 0 Å². The summed E-state index contributed by atoms with van der Waals surface area (Å²) < 4.78 is 34.8. The average Bonchev–Trinajstić information content (AvgIpc) is 2.45. The second kappa shape index (κ2) is 14.5. The second-order valence-corrected chi connectivity index (χ2v) is 7.50. The zero-order chi connectivity index (χ0) is 16.7. The third-order valence-electron chi connectivity index (χ3n) is 4.12. The van der Waals surface area contributed by atoms with Gasteiger partial charge in [-0.3, -0.25) is 4.18 Å². The molecule has 0 aliphatic rings. The Balaban J connectivity index is 3.14. The Morgan fingerprint density at radius 2 is 1.27 bits per heavy atom. The van der Waals surface area contributed by atoms with E-state index in [1.54, 1.807) is 0 Å². The molecule has 1 unspecified atom stereocenters. The number of hydrogen-bond donors (Lipinski definition) is 0. The van der Waals surface area contributed by atoms with Crippen LogP contribution < -0.4 is 0 Å². The van der Waals surface area contributed by atoms with Crippen molar-refractivity contribution in [2.75, 3.05) is 6.61 Å². The van der Waals surface area contributed by atoms with Crippen LogP contribution >= 0.6 is 0 Å². The Kier molecular flexibility index (Phi) is 14.4. The van der Waals surface area contributed by atoms with Crippen molar-refractivity contribution in [1.82, 2.24) is 0 Å². The van der Waals surface area contributed by atoms with Gasteiger partial charge in [-0.2, -0.15) is 0 Å². The summed E-state index contributed by atoms with van der Waals surface area (Å²) in [6.45, 7) is 4.66. The van der Waals surface area contributed by atoms with Crippen molar-refractivity contribution >= 4 is 10.4 Å². The van der Waals surface area contributed by atoms with Crippen LogP contribution in [0.4, 0.5) is 0 Å². The van der Waals surface area contributed by atoms with Gasteiger partial charge in [0.05, 0.1) is 6.61 Å². The minimum atomic E-state index is -4.50. The van der Waals surface area contributed by atoms with Gasteiger partial charge in [0.15, 0.2) is 0 Å². The van der Waals surface area contributed by atoms with Crippen LogP contribution in [0.3, 0.4) is 0 Å². The highest BCUT2D eigenvalue weighted by Crippen LogP contribution is 2.17. The fraction of sp³-hybridized carbons (Fsp3) is 1.00. The molecule has 0 aliphatic carbocycles. The molecule has 1 atom stereocenters. The zero-order valence-electron chi connectivity index (χ0n) is 14.5. The fourth-order valence-electron chi connectivity index (χ4n) is 2.69.